The molecule has 0 saturated heterocycles. The number of hydrazone groups is 1. The maximum Gasteiger partial charge on any atom is 0.184 e. The summed E-state index contributed by atoms with van der Waals surface area (Å²) in [6.45, 7) is 0. The molecule has 0 aliphatic heterocycles. The molecule has 0 saturated carbocycles. The summed E-state index contributed by atoms with van der Waals surface area (Å²) in [5.74, 6) is -1.39. The van der Waals surface area contributed by atoms with Crippen LogP contribution in [0.3, 0.4) is 0 Å². The van der Waals surface area contributed by atoms with Crippen molar-refractivity contribution in [3.05, 3.63) is 35.4 Å². The number of nitrogens with two attached hydrogens (primary N) is 1. The van der Waals surface area contributed by atoms with Gasteiger partial charge in [-0.05, 0) is 24.4 Å². The molecule has 0 radical (unpaired) electrons. The summed E-state index contributed by atoms with van der Waals surface area (Å²) < 4.78 is 25.9. The molecule has 1 aromatic rings. The lowest BCUT2D eigenvalue weighted by Crippen LogP contribution is -2.24. The summed E-state index contributed by atoms with van der Waals surface area (Å²) in [4.78, 5) is 0. The zero-order valence-electron chi connectivity index (χ0n) is 7.00. The largest absolute Gasteiger partial charge is 0.375 e. The molecule has 74 valence electrons. The Bertz CT molecular complexity index is 359. The molecule has 3 N–H and O–H groups in total. The van der Waals surface area contributed by atoms with Crippen molar-refractivity contribution < 1.29 is 8.78 Å². The molecular formula is C8H7F2N3S. The van der Waals surface area contributed by atoms with Crippen molar-refractivity contribution in [2.75, 3.05) is 0 Å². The second-order valence-corrected chi connectivity index (χ2v) is 2.81. The van der Waals surface area contributed by atoms with Crippen LogP contribution in [0, 0.1) is 11.6 Å². The van der Waals surface area contributed by atoms with Gasteiger partial charge in [0.25, 0.3) is 0 Å². The lowest BCUT2D eigenvalue weighted by Gasteiger charge is -1.98. The molecule has 0 heterocycles. The number of thiocarbonyl (C=S) groups is 1. The standard InChI is InChI=1S/C8H7F2N3S/c9-6-2-1-3-7(10)5(6)4-12-13-8(11)14/h1-4H,(H3,11,13,14)/b12-4+. The Kier molecular flexibility index (Phi) is 3.47. The zero-order chi connectivity index (χ0) is 10.6. The van der Waals surface area contributed by atoms with Crippen LogP contribution in [0.4, 0.5) is 8.78 Å². The average molecular weight is 215 g/mol. The van der Waals surface area contributed by atoms with E-state index in [4.69, 9.17) is 5.73 Å². The monoisotopic (exact) mass is 215 g/mol. The molecule has 0 aliphatic carbocycles. The van der Waals surface area contributed by atoms with E-state index in [0.717, 1.165) is 18.3 Å². The molecule has 0 atom stereocenters. The Morgan fingerprint density at radius 3 is 2.50 bits per heavy atom. The number of nitrogens with one attached hydrogen (secondary N) is 1. The van der Waals surface area contributed by atoms with E-state index in [1.165, 1.54) is 6.07 Å². The van der Waals surface area contributed by atoms with Crippen LogP contribution in [0.15, 0.2) is 23.3 Å². The first-order chi connectivity index (χ1) is 6.61. The molecule has 0 unspecified atom stereocenters. The number of hydrogen-bond donors (Lipinski definition) is 2. The summed E-state index contributed by atoms with van der Waals surface area (Å²) in [7, 11) is 0. The Balaban J connectivity index is 2.85. The van der Waals surface area contributed by atoms with Gasteiger partial charge in [0.15, 0.2) is 5.11 Å². The first kappa shape index (κ1) is 10.5. The normalized spacial score (nSPS) is 10.4. The Hall–Kier alpha value is -1.56. The fourth-order valence-electron chi connectivity index (χ4n) is 0.794. The Morgan fingerprint density at radius 2 is 2.00 bits per heavy atom. The van der Waals surface area contributed by atoms with Crippen molar-refractivity contribution in [2.45, 2.75) is 0 Å². The molecule has 1 aromatic carbocycles. The van der Waals surface area contributed by atoms with Crippen molar-refractivity contribution in [1.82, 2.24) is 5.43 Å². The number of rotatable bonds is 2. The molecule has 3 nitrogen and oxygen atoms in total. The Morgan fingerprint density at radius 1 is 1.43 bits per heavy atom. The van der Waals surface area contributed by atoms with E-state index < -0.39 is 11.6 Å². The van der Waals surface area contributed by atoms with Gasteiger partial charge in [-0.15, -0.1) is 0 Å². The highest BCUT2D eigenvalue weighted by Gasteiger charge is 2.04. The molecular weight excluding hydrogens is 208 g/mol. The lowest BCUT2D eigenvalue weighted by molar-refractivity contribution is 0.580. The number of benzene rings is 1. The van der Waals surface area contributed by atoms with Gasteiger partial charge < -0.3 is 5.73 Å². The number of halogens is 2. The molecule has 0 aromatic heterocycles. The summed E-state index contributed by atoms with van der Waals surface area (Å²) in [5.41, 5.74) is 7.01. The highest BCUT2D eigenvalue weighted by molar-refractivity contribution is 7.80. The van der Waals surface area contributed by atoms with Gasteiger partial charge in [-0.1, -0.05) is 6.07 Å². The number of nitrogens with zero attached hydrogens (tertiary/aromatic N) is 1. The average Bonchev–Trinajstić information content (AvgIpc) is 2.09. The quantitative estimate of drug-likeness (QED) is 0.442. The van der Waals surface area contributed by atoms with E-state index in [1.807, 2.05) is 0 Å². The second kappa shape index (κ2) is 4.61. The molecule has 0 spiro atoms. The minimum atomic E-state index is -0.696. The van der Waals surface area contributed by atoms with E-state index in [-0.39, 0.29) is 10.7 Å². The molecule has 0 amide bonds. The first-order valence-electron chi connectivity index (χ1n) is 3.64. The summed E-state index contributed by atoms with van der Waals surface area (Å²) in [5, 5.41) is 3.37. The van der Waals surface area contributed by atoms with E-state index in [9.17, 15) is 8.78 Å². The van der Waals surface area contributed by atoms with Crippen LogP contribution < -0.4 is 11.2 Å². The molecule has 1 rings (SSSR count). The van der Waals surface area contributed by atoms with Crippen molar-refractivity contribution in [3.63, 3.8) is 0 Å². The smallest absolute Gasteiger partial charge is 0.184 e. The maximum absolute atomic E-state index is 13.0. The molecule has 0 aliphatic rings. The summed E-state index contributed by atoms with van der Waals surface area (Å²) in [6, 6.07) is 3.53. The SMILES string of the molecule is NC(=S)N/N=C/c1c(F)cccc1F. The van der Waals surface area contributed by atoms with Crippen molar-refractivity contribution >= 4 is 23.5 Å². The fourth-order valence-corrected chi connectivity index (χ4v) is 0.847. The van der Waals surface area contributed by atoms with Gasteiger partial charge in [0, 0.05) is 0 Å². The van der Waals surface area contributed by atoms with Gasteiger partial charge in [0.1, 0.15) is 11.6 Å². The van der Waals surface area contributed by atoms with Gasteiger partial charge in [-0.3, -0.25) is 5.43 Å². The van der Waals surface area contributed by atoms with E-state index in [0.29, 0.717) is 0 Å². The van der Waals surface area contributed by atoms with Crippen LogP contribution in [0.5, 0.6) is 0 Å². The maximum atomic E-state index is 13.0. The predicted octanol–water partition coefficient (Wildman–Crippen LogP) is 1.13. The van der Waals surface area contributed by atoms with E-state index in [2.05, 4.69) is 22.7 Å². The van der Waals surface area contributed by atoms with Crippen LogP contribution >= 0.6 is 12.2 Å². The van der Waals surface area contributed by atoms with Crippen molar-refractivity contribution in [2.24, 2.45) is 10.8 Å². The van der Waals surface area contributed by atoms with Gasteiger partial charge in [0.2, 0.25) is 0 Å². The molecule has 6 heteroatoms. The minimum absolute atomic E-state index is 0.0713. The first-order valence-corrected chi connectivity index (χ1v) is 4.04. The van der Waals surface area contributed by atoms with Crippen LogP contribution in [0.1, 0.15) is 5.56 Å². The van der Waals surface area contributed by atoms with Crippen molar-refractivity contribution in [3.8, 4) is 0 Å². The van der Waals surface area contributed by atoms with Crippen LogP contribution in [0.25, 0.3) is 0 Å². The summed E-state index contributed by atoms with van der Waals surface area (Å²) >= 11 is 4.44. The zero-order valence-corrected chi connectivity index (χ0v) is 7.81. The third kappa shape index (κ3) is 2.74. The topological polar surface area (TPSA) is 50.4 Å². The second-order valence-electron chi connectivity index (χ2n) is 2.37. The summed E-state index contributed by atoms with van der Waals surface area (Å²) in [6.07, 6.45) is 0.976. The molecule has 14 heavy (non-hydrogen) atoms. The van der Waals surface area contributed by atoms with Crippen LogP contribution in [-0.2, 0) is 0 Å². The number of hydrogen-bond acceptors (Lipinski definition) is 2. The van der Waals surface area contributed by atoms with Gasteiger partial charge >= 0.3 is 0 Å². The minimum Gasteiger partial charge on any atom is -0.375 e. The lowest BCUT2D eigenvalue weighted by atomic mass is 10.2. The third-order valence-electron chi connectivity index (χ3n) is 1.37. The molecule has 0 fully saturated rings. The predicted molar refractivity (Wildman–Crippen MR) is 53.9 cm³/mol. The van der Waals surface area contributed by atoms with Gasteiger partial charge in [0.05, 0.1) is 11.8 Å². The van der Waals surface area contributed by atoms with Crippen LogP contribution in [0.2, 0.25) is 0 Å². The Labute approximate surface area is 84.6 Å². The van der Waals surface area contributed by atoms with E-state index in [1.54, 1.807) is 0 Å². The van der Waals surface area contributed by atoms with Gasteiger partial charge in [-0.2, -0.15) is 5.10 Å². The highest BCUT2D eigenvalue weighted by Crippen LogP contribution is 2.08. The molecule has 0 bridgehead atoms. The third-order valence-corrected chi connectivity index (χ3v) is 1.46. The van der Waals surface area contributed by atoms with E-state index >= 15 is 0 Å². The van der Waals surface area contributed by atoms with Crippen LogP contribution in [-0.4, -0.2) is 11.3 Å². The highest BCUT2D eigenvalue weighted by atomic mass is 32.1. The fraction of sp³-hybridized carbons (Fsp3) is 0. The van der Waals surface area contributed by atoms with Gasteiger partial charge in [-0.25, -0.2) is 8.78 Å². The van der Waals surface area contributed by atoms with Crippen molar-refractivity contribution in [1.29, 1.82) is 0 Å².